The van der Waals surface area contributed by atoms with E-state index in [-0.39, 0.29) is 11.9 Å². The van der Waals surface area contributed by atoms with Gasteiger partial charge < -0.3 is 10.6 Å². The maximum absolute atomic E-state index is 11.3. The van der Waals surface area contributed by atoms with E-state index in [2.05, 4.69) is 16.7 Å². The van der Waals surface area contributed by atoms with Crippen LogP contribution in [0, 0.1) is 11.3 Å². The van der Waals surface area contributed by atoms with E-state index in [1.807, 2.05) is 11.8 Å². The Bertz CT molecular complexity index is 235. The van der Waals surface area contributed by atoms with Gasteiger partial charge in [0.2, 0.25) is 5.91 Å². The van der Waals surface area contributed by atoms with Crippen LogP contribution in [0.15, 0.2) is 0 Å². The molecular weight excluding hydrogens is 180 g/mol. The number of carbonyl (C=O) groups is 1. The lowest BCUT2D eigenvalue weighted by atomic mass is 10.2. The summed E-state index contributed by atoms with van der Waals surface area (Å²) < 4.78 is 0. The van der Waals surface area contributed by atoms with Gasteiger partial charge in [0.05, 0.1) is 12.6 Å². The summed E-state index contributed by atoms with van der Waals surface area (Å²) >= 11 is 0. The molecule has 5 nitrogen and oxygen atoms in total. The minimum Gasteiger partial charge on any atom is -0.355 e. The van der Waals surface area contributed by atoms with Crippen molar-refractivity contribution in [3.8, 4) is 6.07 Å². The van der Waals surface area contributed by atoms with Gasteiger partial charge in [0.1, 0.15) is 6.04 Å². The first kappa shape index (κ1) is 11.0. The summed E-state index contributed by atoms with van der Waals surface area (Å²) in [6.07, 6.45) is 0. The molecule has 0 radical (unpaired) electrons. The van der Waals surface area contributed by atoms with Crippen molar-refractivity contribution >= 4 is 5.91 Å². The number of hydrogen-bond donors (Lipinski definition) is 2. The molecule has 1 aliphatic heterocycles. The number of nitriles is 1. The Hall–Kier alpha value is -1.12. The molecule has 5 heteroatoms. The Morgan fingerprint density at radius 1 is 1.79 bits per heavy atom. The Morgan fingerprint density at radius 3 is 3.21 bits per heavy atom. The quantitative estimate of drug-likeness (QED) is 0.602. The monoisotopic (exact) mass is 196 g/mol. The number of rotatable bonds is 3. The number of piperazine rings is 1. The normalized spacial score (nSPS) is 22.7. The molecule has 0 aromatic carbocycles. The molecule has 0 saturated carbocycles. The van der Waals surface area contributed by atoms with E-state index in [4.69, 9.17) is 5.26 Å². The van der Waals surface area contributed by atoms with Gasteiger partial charge in [-0.15, -0.1) is 0 Å². The van der Waals surface area contributed by atoms with Crippen LogP contribution in [0.3, 0.4) is 0 Å². The SMILES string of the molecule is CCNC(=O)CN1CCNCC1C#N. The standard InChI is InChI=1S/C9H16N4O/c1-2-12-9(14)7-13-4-3-11-6-8(13)5-10/h8,11H,2-4,6-7H2,1H3,(H,12,14). The van der Waals surface area contributed by atoms with Gasteiger partial charge in [-0.25, -0.2) is 0 Å². The van der Waals surface area contributed by atoms with E-state index in [0.717, 1.165) is 13.1 Å². The van der Waals surface area contributed by atoms with E-state index in [0.29, 0.717) is 19.6 Å². The second-order valence-electron chi connectivity index (χ2n) is 3.27. The van der Waals surface area contributed by atoms with Crippen LogP contribution in [0.1, 0.15) is 6.92 Å². The summed E-state index contributed by atoms with van der Waals surface area (Å²) in [6.45, 7) is 5.11. The second-order valence-corrected chi connectivity index (χ2v) is 3.27. The Balaban J connectivity index is 2.41. The minimum absolute atomic E-state index is 0.00495. The lowest BCUT2D eigenvalue weighted by Crippen LogP contribution is -2.53. The summed E-state index contributed by atoms with van der Waals surface area (Å²) in [5.74, 6) is -0.00495. The van der Waals surface area contributed by atoms with Gasteiger partial charge in [0.25, 0.3) is 0 Å². The van der Waals surface area contributed by atoms with Gasteiger partial charge >= 0.3 is 0 Å². The number of nitrogens with one attached hydrogen (secondary N) is 2. The Labute approximate surface area is 84.1 Å². The number of likely N-dealkylation sites (N-methyl/N-ethyl adjacent to an activating group) is 1. The lowest BCUT2D eigenvalue weighted by Gasteiger charge is -2.31. The first-order valence-corrected chi connectivity index (χ1v) is 4.89. The van der Waals surface area contributed by atoms with E-state index >= 15 is 0 Å². The van der Waals surface area contributed by atoms with Gasteiger partial charge in [-0.1, -0.05) is 0 Å². The molecule has 1 heterocycles. The molecular formula is C9H16N4O. The first-order chi connectivity index (χ1) is 6.77. The Kier molecular flexibility index (Phi) is 4.36. The fourth-order valence-corrected chi connectivity index (χ4v) is 1.50. The molecule has 1 saturated heterocycles. The van der Waals surface area contributed by atoms with Crippen molar-refractivity contribution in [2.45, 2.75) is 13.0 Å². The van der Waals surface area contributed by atoms with Crippen LogP contribution < -0.4 is 10.6 Å². The van der Waals surface area contributed by atoms with E-state index < -0.39 is 0 Å². The fourth-order valence-electron chi connectivity index (χ4n) is 1.50. The molecule has 0 spiro atoms. The maximum atomic E-state index is 11.3. The summed E-state index contributed by atoms with van der Waals surface area (Å²) in [7, 11) is 0. The molecule has 1 amide bonds. The van der Waals surface area contributed by atoms with Gasteiger partial charge in [-0.3, -0.25) is 9.69 Å². The van der Waals surface area contributed by atoms with Gasteiger partial charge in [0, 0.05) is 26.2 Å². The molecule has 1 fully saturated rings. The van der Waals surface area contributed by atoms with Crippen LogP contribution in [0.2, 0.25) is 0 Å². The highest BCUT2D eigenvalue weighted by atomic mass is 16.2. The highest BCUT2D eigenvalue weighted by Crippen LogP contribution is 2.00. The minimum atomic E-state index is -0.175. The molecule has 0 aromatic heterocycles. The van der Waals surface area contributed by atoms with Crippen LogP contribution in [0.25, 0.3) is 0 Å². The van der Waals surface area contributed by atoms with Crippen LogP contribution in [0.4, 0.5) is 0 Å². The van der Waals surface area contributed by atoms with Crippen molar-refractivity contribution < 1.29 is 4.79 Å². The third-order valence-corrected chi connectivity index (χ3v) is 2.22. The maximum Gasteiger partial charge on any atom is 0.234 e. The summed E-state index contributed by atoms with van der Waals surface area (Å²) in [4.78, 5) is 13.2. The third kappa shape index (κ3) is 2.98. The molecule has 0 aromatic rings. The number of amides is 1. The zero-order valence-corrected chi connectivity index (χ0v) is 8.42. The van der Waals surface area contributed by atoms with Gasteiger partial charge in [0.15, 0.2) is 0 Å². The summed E-state index contributed by atoms with van der Waals surface area (Å²) in [5.41, 5.74) is 0. The van der Waals surface area contributed by atoms with Crippen molar-refractivity contribution in [3.05, 3.63) is 0 Å². The first-order valence-electron chi connectivity index (χ1n) is 4.89. The highest BCUT2D eigenvalue weighted by Gasteiger charge is 2.23. The molecule has 78 valence electrons. The lowest BCUT2D eigenvalue weighted by molar-refractivity contribution is -0.122. The average molecular weight is 196 g/mol. The van der Waals surface area contributed by atoms with Crippen LogP contribution in [-0.4, -0.2) is 49.6 Å². The zero-order valence-electron chi connectivity index (χ0n) is 8.42. The summed E-state index contributed by atoms with van der Waals surface area (Å²) in [5, 5.41) is 14.7. The van der Waals surface area contributed by atoms with Crippen molar-refractivity contribution in [3.63, 3.8) is 0 Å². The van der Waals surface area contributed by atoms with Crippen LogP contribution >= 0.6 is 0 Å². The van der Waals surface area contributed by atoms with E-state index in [1.54, 1.807) is 0 Å². The second kappa shape index (κ2) is 5.58. The topological polar surface area (TPSA) is 68.2 Å². The van der Waals surface area contributed by atoms with Crippen LogP contribution in [-0.2, 0) is 4.79 Å². The van der Waals surface area contributed by atoms with E-state index in [9.17, 15) is 4.79 Å². The predicted octanol–water partition coefficient (Wildman–Crippen LogP) is -1.08. The zero-order chi connectivity index (χ0) is 10.4. The van der Waals surface area contributed by atoms with Crippen molar-refractivity contribution in [1.29, 1.82) is 5.26 Å². The predicted molar refractivity (Wildman–Crippen MR) is 52.5 cm³/mol. The number of hydrogen-bond acceptors (Lipinski definition) is 4. The number of carbonyl (C=O) groups excluding carboxylic acids is 1. The molecule has 1 atom stereocenters. The third-order valence-electron chi connectivity index (χ3n) is 2.22. The fraction of sp³-hybridized carbons (Fsp3) is 0.778. The molecule has 14 heavy (non-hydrogen) atoms. The molecule has 1 rings (SSSR count). The number of nitrogens with zero attached hydrogens (tertiary/aromatic N) is 2. The molecule has 1 aliphatic rings. The van der Waals surface area contributed by atoms with Crippen molar-refractivity contribution in [1.82, 2.24) is 15.5 Å². The van der Waals surface area contributed by atoms with Gasteiger partial charge in [-0.2, -0.15) is 5.26 Å². The van der Waals surface area contributed by atoms with Crippen molar-refractivity contribution in [2.75, 3.05) is 32.7 Å². The molecule has 2 N–H and O–H groups in total. The van der Waals surface area contributed by atoms with Gasteiger partial charge in [-0.05, 0) is 6.92 Å². The molecule has 0 aliphatic carbocycles. The molecule has 1 unspecified atom stereocenters. The smallest absolute Gasteiger partial charge is 0.234 e. The highest BCUT2D eigenvalue weighted by molar-refractivity contribution is 5.78. The summed E-state index contributed by atoms with van der Waals surface area (Å²) in [6, 6.07) is 2.01. The Morgan fingerprint density at radius 2 is 2.57 bits per heavy atom. The van der Waals surface area contributed by atoms with Crippen LogP contribution in [0.5, 0.6) is 0 Å². The average Bonchev–Trinajstić information content (AvgIpc) is 2.19. The largest absolute Gasteiger partial charge is 0.355 e. The molecule has 0 bridgehead atoms. The van der Waals surface area contributed by atoms with E-state index in [1.165, 1.54) is 0 Å². The van der Waals surface area contributed by atoms with Crippen molar-refractivity contribution in [2.24, 2.45) is 0 Å².